The first-order chi connectivity index (χ1) is 8.14. The highest BCUT2D eigenvalue weighted by molar-refractivity contribution is 5.53. The number of rotatable bonds is 2. The first-order valence-corrected chi connectivity index (χ1v) is 4.90. The highest BCUT2D eigenvalue weighted by Gasteiger charge is 2.36. The van der Waals surface area contributed by atoms with Crippen LogP contribution in [-0.4, -0.2) is 0 Å². The van der Waals surface area contributed by atoms with Crippen molar-refractivity contribution in [1.82, 2.24) is 0 Å². The van der Waals surface area contributed by atoms with Gasteiger partial charge < -0.3 is 0 Å². The topological polar surface area (TPSA) is 0 Å². The van der Waals surface area contributed by atoms with Crippen molar-refractivity contribution in [3.8, 4) is 0 Å². The lowest BCUT2D eigenvalue weighted by Crippen LogP contribution is -2.11. The van der Waals surface area contributed by atoms with E-state index in [9.17, 15) is 26.3 Å². The van der Waals surface area contributed by atoms with E-state index in [1.807, 2.05) is 0 Å². The molecule has 18 heavy (non-hydrogen) atoms. The van der Waals surface area contributed by atoms with Crippen LogP contribution in [0, 0.1) is 6.92 Å². The van der Waals surface area contributed by atoms with Gasteiger partial charge >= 0.3 is 12.4 Å². The van der Waals surface area contributed by atoms with Gasteiger partial charge in [0.1, 0.15) is 0 Å². The molecular formula is C12H9F6. The predicted octanol–water partition coefficient (Wildman–Crippen LogP) is 4.96. The fourth-order valence-corrected chi connectivity index (χ4v) is 1.29. The SMILES string of the molecule is [CH2]C/C=C\c1cc(C(F)(F)F)cc(C(F)(F)F)c1. The Morgan fingerprint density at radius 1 is 0.889 bits per heavy atom. The fourth-order valence-electron chi connectivity index (χ4n) is 1.29. The Balaban J connectivity index is 3.34. The zero-order valence-corrected chi connectivity index (χ0v) is 9.07. The normalized spacial score (nSPS) is 13.3. The van der Waals surface area contributed by atoms with Crippen molar-refractivity contribution < 1.29 is 26.3 Å². The van der Waals surface area contributed by atoms with Crippen LogP contribution >= 0.6 is 0 Å². The van der Waals surface area contributed by atoms with E-state index < -0.39 is 23.5 Å². The number of allylic oxidation sites excluding steroid dienone is 1. The molecule has 6 heteroatoms. The quantitative estimate of drug-likeness (QED) is 0.664. The third-order valence-electron chi connectivity index (χ3n) is 2.09. The second kappa shape index (κ2) is 5.04. The van der Waals surface area contributed by atoms with E-state index in [4.69, 9.17) is 0 Å². The highest BCUT2D eigenvalue weighted by Crippen LogP contribution is 2.36. The van der Waals surface area contributed by atoms with Crippen LogP contribution in [0.25, 0.3) is 6.08 Å². The molecule has 0 aliphatic heterocycles. The van der Waals surface area contributed by atoms with Gasteiger partial charge in [-0.2, -0.15) is 26.3 Å². The van der Waals surface area contributed by atoms with Crippen LogP contribution in [0.3, 0.4) is 0 Å². The molecule has 0 amide bonds. The smallest absolute Gasteiger partial charge is 0.166 e. The van der Waals surface area contributed by atoms with Crippen molar-refractivity contribution in [2.45, 2.75) is 18.8 Å². The molecule has 0 fully saturated rings. The van der Waals surface area contributed by atoms with Crippen LogP contribution in [-0.2, 0) is 12.4 Å². The highest BCUT2D eigenvalue weighted by atomic mass is 19.4. The van der Waals surface area contributed by atoms with E-state index >= 15 is 0 Å². The van der Waals surface area contributed by atoms with E-state index in [1.54, 1.807) is 0 Å². The number of alkyl halides is 6. The molecule has 0 unspecified atom stereocenters. The van der Waals surface area contributed by atoms with Gasteiger partial charge in [0, 0.05) is 0 Å². The Hall–Kier alpha value is -1.46. The Morgan fingerprint density at radius 3 is 1.67 bits per heavy atom. The maximum atomic E-state index is 12.5. The molecule has 0 atom stereocenters. The minimum atomic E-state index is -4.81. The molecule has 0 aromatic heterocycles. The van der Waals surface area contributed by atoms with E-state index in [-0.39, 0.29) is 18.1 Å². The zero-order valence-electron chi connectivity index (χ0n) is 9.07. The first kappa shape index (κ1) is 14.6. The molecule has 0 aliphatic rings. The summed E-state index contributed by atoms with van der Waals surface area (Å²) in [5.41, 5.74) is -2.79. The maximum absolute atomic E-state index is 12.5. The van der Waals surface area contributed by atoms with Crippen molar-refractivity contribution in [1.29, 1.82) is 0 Å². The number of benzene rings is 1. The van der Waals surface area contributed by atoms with Crippen molar-refractivity contribution in [2.75, 3.05) is 0 Å². The molecule has 1 radical (unpaired) electrons. The second-order valence-corrected chi connectivity index (χ2v) is 3.53. The lowest BCUT2D eigenvalue weighted by Gasteiger charge is -2.12. The molecule has 0 N–H and O–H groups in total. The van der Waals surface area contributed by atoms with Gasteiger partial charge in [0.25, 0.3) is 0 Å². The summed E-state index contributed by atoms with van der Waals surface area (Å²) in [5, 5.41) is 0. The fraction of sp³-hybridized carbons (Fsp3) is 0.250. The number of halogens is 6. The average molecular weight is 267 g/mol. The van der Waals surface area contributed by atoms with Crippen molar-refractivity contribution in [3.05, 3.63) is 47.9 Å². The maximum Gasteiger partial charge on any atom is 0.416 e. The van der Waals surface area contributed by atoms with Gasteiger partial charge in [-0.3, -0.25) is 0 Å². The second-order valence-electron chi connectivity index (χ2n) is 3.53. The Labute approximate surface area is 99.9 Å². The molecule has 0 nitrogen and oxygen atoms in total. The van der Waals surface area contributed by atoms with Crippen LogP contribution in [0.4, 0.5) is 26.3 Å². The summed E-state index contributed by atoms with van der Waals surface area (Å²) in [7, 11) is 0. The van der Waals surface area contributed by atoms with Gasteiger partial charge in [-0.1, -0.05) is 12.2 Å². The minimum absolute atomic E-state index is 0.0987. The van der Waals surface area contributed by atoms with E-state index in [0.717, 1.165) is 0 Å². The lowest BCUT2D eigenvalue weighted by molar-refractivity contribution is -0.143. The molecule has 0 aliphatic carbocycles. The summed E-state index contributed by atoms with van der Waals surface area (Å²) in [6.45, 7) is 3.41. The van der Waals surface area contributed by atoms with Gasteiger partial charge in [-0.15, -0.1) is 0 Å². The molecule has 0 heterocycles. The zero-order chi connectivity index (χ0) is 14.0. The molecule has 1 rings (SSSR count). The van der Waals surface area contributed by atoms with E-state index in [1.165, 1.54) is 12.2 Å². The van der Waals surface area contributed by atoms with Gasteiger partial charge in [-0.25, -0.2) is 0 Å². The largest absolute Gasteiger partial charge is 0.416 e. The van der Waals surface area contributed by atoms with Crippen LogP contribution < -0.4 is 0 Å². The minimum Gasteiger partial charge on any atom is -0.166 e. The van der Waals surface area contributed by atoms with Crippen molar-refractivity contribution in [3.63, 3.8) is 0 Å². The molecule has 0 spiro atoms. The van der Waals surface area contributed by atoms with E-state index in [2.05, 4.69) is 6.92 Å². The standard InChI is InChI=1S/C12H9F6/c1-2-3-4-8-5-9(11(13,14)15)7-10(6-8)12(16,17)18/h3-7H,1-2H2/b4-3-. The van der Waals surface area contributed by atoms with Gasteiger partial charge in [-0.05, 0) is 37.1 Å². The summed E-state index contributed by atoms with van der Waals surface area (Å²) in [4.78, 5) is 0. The first-order valence-electron chi connectivity index (χ1n) is 4.90. The van der Waals surface area contributed by atoms with Crippen LogP contribution in [0.2, 0.25) is 0 Å². The molecule has 0 saturated carbocycles. The van der Waals surface area contributed by atoms with Crippen molar-refractivity contribution in [2.24, 2.45) is 0 Å². The Morgan fingerprint density at radius 2 is 1.33 bits per heavy atom. The van der Waals surface area contributed by atoms with Crippen LogP contribution in [0.5, 0.6) is 0 Å². The summed E-state index contributed by atoms with van der Waals surface area (Å²) in [5.74, 6) is 0. The summed E-state index contributed by atoms with van der Waals surface area (Å²) in [6.07, 6.45) is -6.78. The number of hydrogen-bond donors (Lipinski definition) is 0. The van der Waals surface area contributed by atoms with Crippen LogP contribution in [0.15, 0.2) is 24.3 Å². The lowest BCUT2D eigenvalue weighted by atomic mass is 10.0. The van der Waals surface area contributed by atoms with Gasteiger partial charge in [0.2, 0.25) is 0 Å². The van der Waals surface area contributed by atoms with Crippen molar-refractivity contribution >= 4 is 6.08 Å². The molecular weight excluding hydrogens is 258 g/mol. The Kier molecular flexibility index (Phi) is 4.09. The van der Waals surface area contributed by atoms with Crippen LogP contribution in [0.1, 0.15) is 23.1 Å². The third-order valence-corrected chi connectivity index (χ3v) is 2.09. The summed E-state index contributed by atoms with van der Waals surface area (Å²) >= 11 is 0. The predicted molar refractivity (Wildman–Crippen MR) is 55.5 cm³/mol. The van der Waals surface area contributed by atoms with Gasteiger partial charge in [0.15, 0.2) is 0 Å². The molecule has 0 saturated heterocycles. The van der Waals surface area contributed by atoms with E-state index in [0.29, 0.717) is 12.1 Å². The Bertz CT molecular complexity index is 407. The molecule has 1 aromatic carbocycles. The average Bonchev–Trinajstić information content (AvgIpc) is 2.23. The summed E-state index contributed by atoms with van der Waals surface area (Å²) in [6, 6.07) is 1.43. The molecule has 0 bridgehead atoms. The molecule has 99 valence electrons. The molecule has 1 aromatic rings. The monoisotopic (exact) mass is 267 g/mol. The third kappa shape index (κ3) is 3.78. The van der Waals surface area contributed by atoms with Gasteiger partial charge in [0.05, 0.1) is 11.1 Å². The summed E-state index contributed by atoms with van der Waals surface area (Å²) < 4.78 is 74.7. The number of hydrogen-bond acceptors (Lipinski definition) is 0.